The zero-order chi connectivity index (χ0) is 26.0. The maximum absolute atomic E-state index is 6.32. The molecule has 0 fully saturated rings. The Balaban J connectivity index is 0.00000277. The summed E-state index contributed by atoms with van der Waals surface area (Å²) < 4.78 is 26.3. The maximum atomic E-state index is 6.32. The second-order valence-corrected chi connectivity index (χ2v) is 10.5. The molecule has 0 atom stereocenters. The van der Waals surface area contributed by atoms with Crippen molar-refractivity contribution < 1.29 is 40.5 Å². The second-order valence-electron chi connectivity index (χ2n) is 10.0. The lowest BCUT2D eigenvalue weighted by Crippen LogP contribution is -3.00. The standard InChI is InChI=1S/C32H29ClNO4.BrH/c1-4-5-6-19-15-23-22-11-12-24(35-2)31(36-3)28(22)29(18-7-9-21(33)10-8-18)34-14-13-20-16-25-32(38-17-37-25)27(19)26(20)30(23)34;/h7-12,15-16H,4-6,13-14,17H2,1-3H3;1H/q+1;/p-1. The van der Waals surface area contributed by atoms with Crippen molar-refractivity contribution in [1.29, 1.82) is 0 Å². The Labute approximate surface area is 243 Å². The zero-order valence-corrected chi connectivity index (χ0v) is 24.5. The van der Waals surface area contributed by atoms with Crippen LogP contribution in [0.2, 0.25) is 5.02 Å². The van der Waals surface area contributed by atoms with Crippen LogP contribution in [-0.2, 0) is 19.4 Å². The van der Waals surface area contributed by atoms with Gasteiger partial charge in [-0.15, -0.1) is 0 Å². The monoisotopic (exact) mass is 605 g/mol. The summed E-state index contributed by atoms with van der Waals surface area (Å²) in [5.74, 6) is 3.20. The van der Waals surface area contributed by atoms with E-state index in [-0.39, 0.29) is 23.8 Å². The fraction of sp³-hybridized carbons (Fsp3) is 0.281. The Morgan fingerprint density at radius 1 is 0.923 bits per heavy atom. The Kier molecular flexibility index (Phi) is 6.72. The molecule has 0 radical (unpaired) electrons. The molecule has 2 aliphatic rings. The lowest BCUT2D eigenvalue weighted by Gasteiger charge is -2.22. The number of methoxy groups -OCH3 is 2. The summed E-state index contributed by atoms with van der Waals surface area (Å²) in [6.07, 6.45) is 4.11. The first-order valence-electron chi connectivity index (χ1n) is 13.2. The Morgan fingerprint density at radius 3 is 2.49 bits per heavy atom. The molecule has 0 N–H and O–H groups in total. The van der Waals surface area contributed by atoms with Gasteiger partial charge in [-0.2, -0.15) is 4.57 Å². The first-order valence-corrected chi connectivity index (χ1v) is 13.6. The molecular weight excluding hydrogens is 578 g/mol. The van der Waals surface area contributed by atoms with Gasteiger partial charge in [0.1, 0.15) is 5.39 Å². The van der Waals surface area contributed by atoms with E-state index < -0.39 is 0 Å². The van der Waals surface area contributed by atoms with Gasteiger partial charge in [0.05, 0.1) is 25.0 Å². The van der Waals surface area contributed by atoms with Gasteiger partial charge in [-0.05, 0) is 72.5 Å². The molecule has 0 amide bonds. The van der Waals surface area contributed by atoms with Crippen molar-refractivity contribution in [2.75, 3.05) is 21.0 Å². The summed E-state index contributed by atoms with van der Waals surface area (Å²) in [6, 6.07) is 16.8. The molecule has 0 spiro atoms. The summed E-state index contributed by atoms with van der Waals surface area (Å²) in [4.78, 5) is 0. The van der Waals surface area contributed by atoms with Gasteiger partial charge in [0.25, 0.3) is 0 Å². The minimum absolute atomic E-state index is 0. The highest BCUT2D eigenvalue weighted by Gasteiger charge is 2.35. The van der Waals surface area contributed by atoms with Crippen LogP contribution >= 0.6 is 11.6 Å². The van der Waals surface area contributed by atoms with Crippen molar-refractivity contribution in [2.24, 2.45) is 0 Å². The van der Waals surface area contributed by atoms with Gasteiger partial charge in [-0.1, -0.05) is 24.9 Å². The number of pyridine rings is 1. The summed E-state index contributed by atoms with van der Waals surface area (Å²) in [5, 5.41) is 6.60. The van der Waals surface area contributed by atoms with E-state index >= 15 is 0 Å². The van der Waals surface area contributed by atoms with Crippen LogP contribution < -0.4 is 40.5 Å². The number of aryl methyl sites for hydroxylation is 3. The van der Waals surface area contributed by atoms with E-state index in [2.05, 4.69) is 41.8 Å². The fourth-order valence-corrected chi connectivity index (χ4v) is 6.49. The predicted octanol–water partition coefficient (Wildman–Crippen LogP) is 4.40. The molecule has 5 nitrogen and oxygen atoms in total. The van der Waals surface area contributed by atoms with Crippen LogP contribution in [-0.4, -0.2) is 21.0 Å². The van der Waals surface area contributed by atoms with E-state index in [9.17, 15) is 0 Å². The van der Waals surface area contributed by atoms with Crippen LogP contribution in [0.4, 0.5) is 0 Å². The van der Waals surface area contributed by atoms with Crippen molar-refractivity contribution in [3.05, 3.63) is 64.7 Å². The van der Waals surface area contributed by atoms with Crippen molar-refractivity contribution in [3.8, 4) is 34.3 Å². The topological polar surface area (TPSA) is 40.8 Å². The second kappa shape index (κ2) is 10.1. The number of nitrogens with zero attached hydrogens (tertiary/aromatic N) is 1. The van der Waals surface area contributed by atoms with E-state index in [1.165, 1.54) is 32.8 Å². The Hall–Kier alpha value is -3.22. The van der Waals surface area contributed by atoms with Crippen LogP contribution in [0.3, 0.4) is 0 Å². The maximum Gasteiger partial charge on any atom is 0.231 e. The number of halogens is 2. The molecule has 0 aliphatic carbocycles. The summed E-state index contributed by atoms with van der Waals surface area (Å²) in [7, 11) is 3.41. The summed E-state index contributed by atoms with van der Waals surface area (Å²) >= 11 is 6.32. The lowest BCUT2D eigenvalue weighted by atomic mass is 9.87. The highest BCUT2D eigenvalue weighted by molar-refractivity contribution is 6.30. The number of hydrogen-bond acceptors (Lipinski definition) is 4. The van der Waals surface area contributed by atoms with E-state index in [1.807, 2.05) is 18.2 Å². The molecule has 39 heavy (non-hydrogen) atoms. The van der Waals surface area contributed by atoms with Gasteiger partial charge in [0, 0.05) is 27.8 Å². The SMILES string of the molecule is CCCCc1cc2c3ccc(OC)c(OC)c3c(-c3ccc(Cl)cc3)[n+]3c2c2c(cc4c(c12)OCO4)CC3.[Br-]. The van der Waals surface area contributed by atoms with Crippen molar-refractivity contribution in [2.45, 2.75) is 39.2 Å². The van der Waals surface area contributed by atoms with Crippen LogP contribution in [0.5, 0.6) is 23.0 Å². The molecule has 0 saturated heterocycles. The first kappa shape index (κ1) is 26.0. The molecule has 5 aromatic rings. The Morgan fingerprint density at radius 2 is 1.74 bits per heavy atom. The van der Waals surface area contributed by atoms with Gasteiger partial charge in [-0.25, -0.2) is 0 Å². The summed E-state index contributed by atoms with van der Waals surface area (Å²) in [6.45, 7) is 3.34. The Bertz CT molecular complexity index is 1770. The van der Waals surface area contributed by atoms with Crippen LogP contribution in [0.25, 0.3) is 43.7 Å². The number of fused-ring (bicyclic) bond motifs is 4. The van der Waals surface area contributed by atoms with Gasteiger partial charge < -0.3 is 35.9 Å². The van der Waals surface area contributed by atoms with E-state index in [0.717, 1.165) is 71.5 Å². The third kappa shape index (κ3) is 3.83. The average Bonchev–Trinajstić information content (AvgIpc) is 3.42. The molecule has 3 heterocycles. The fourth-order valence-electron chi connectivity index (χ4n) is 6.37. The van der Waals surface area contributed by atoms with Gasteiger partial charge in [-0.3, -0.25) is 0 Å². The number of benzene rings is 4. The molecule has 0 saturated carbocycles. The predicted molar refractivity (Wildman–Crippen MR) is 151 cm³/mol. The molecule has 0 bridgehead atoms. The number of ether oxygens (including phenoxy) is 4. The molecule has 200 valence electrons. The minimum atomic E-state index is 0. The number of hydrogen-bond donors (Lipinski definition) is 0. The molecule has 7 rings (SSSR count). The molecule has 0 unspecified atom stereocenters. The van der Waals surface area contributed by atoms with Gasteiger partial charge in [0.15, 0.2) is 29.5 Å². The molecule has 4 aromatic carbocycles. The van der Waals surface area contributed by atoms with Crippen molar-refractivity contribution in [1.82, 2.24) is 0 Å². The van der Waals surface area contributed by atoms with E-state index in [0.29, 0.717) is 10.8 Å². The molecule has 2 aliphatic heterocycles. The van der Waals surface area contributed by atoms with E-state index in [4.69, 9.17) is 30.5 Å². The zero-order valence-electron chi connectivity index (χ0n) is 22.2. The third-order valence-corrected chi connectivity index (χ3v) is 8.26. The number of unbranched alkanes of at least 4 members (excludes halogenated alkanes) is 1. The molecule has 1 aromatic heterocycles. The molecule has 7 heteroatoms. The number of rotatable bonds is 6. The first-order chi connectivity index (χ1) is 18.6. The number of aromatic nitrogens is 1. The van der Waals surface area contributed by atoms with Crippen molar-refractivity contribution in [3.63, 3.8) is 0 Å². The normalized spacial score (nSPS) is 13.3. The van der Waals surface area contributed by atoms with E-state index in [1.54, 1.807) is 14.2 Å². The van der Waals surface area contributed by atoms with Crippen LogP contribution in [0, 0.1) is 0 Å². The summed E-state index contributed by atoms with van der Waals surface area (Å²) in [5.41, 5.74) is 6.03. The van der Waals surface area contributed by atoms with Gasteiger partial charge >= 0.3 is 0 Å². The highest BCUT2D eigenvalue weighted by Crippen LogP contribution is 2.49. The van der Waals surface area contributed by atoms with Gasteiger partial charge in [0.2, 0.25) is 18.0 Å². The smallest absolute Gasteiger partial charge is 0.231 e. The highest BCUT2D eigenvalue weighted by atomic mass is 79.9. The van der Waals surface area contributed by atoms with Crippen LogP contribution in [0.15, 0.2) is 48.5 Å². The lowest BCUT2D eigenvalue weighted by molar-refractivity contribution is -0.659. The van der Waals surface area contributed by atoms with Crippen molar-refractivity contribution >= 4 is 44.0 Å². The average molecular weight is 607 g/mol. The molecular formula is C32H29BrClNO4. The minimum Gasteiger partial charge on any atom is -1.00 e. The van der Waals surface area contributed by atoms with Crippen LogP contribution in [0.1, 0.15) is 30.9 Å². The third-order valence-electron chi connectivity index (χ3n) is 8.01. The largest absolute Gasteiger partial charge is 1.00 e. The quantitative estimate of drug-likeness (QED) is 0.212.